The Balaban J connectivity index is 3.15. The summed E-state index contributed by atoms with van der Waals surface area (Å²) in [5.41, 5.74) is -1.12. The molecular formula is C18H31N4O9P. The van der Waals surface area contributed by atoms with E-state index < -0.39 is 55.7 Å². The lowest BCUT2D eigenvalue weighted by atomic mass is 10.2. The minimum Gasteiger partial charge on any atom is -0.465 e. The van der Waals surface area contributed by atoms with Crippen LogP contribution in [0.5, 0.6) is 0 Å². The van der Waals surface area contributed by atoms with Crippen LogP contribution < -0.4 is 21.9 Å². The highest BCUT2D eigenvalue weighted by molar-refractivity contribution is 7.53. The smallest absolute Gasteiger partial charge is 0.349 e. The molecule has 0 saturated carbocycles. The number of H-pyrrole nitrogens is 1. The van der Waals surface area contributed by atoms with Gasteiger partial charge in [0.1, 0.15) is 18.4 Å². The lowest BCUT2D eigenvalue weighted by Gasteiger charge is -2.24. The maximum Gasteiger partial charge on any atom is 0.349 e. The molecule has 1 aromatic heterocycles. The van der Waals surface area contributed by atoms with Gasteiger partial charge in [-0.05, 0) is 27.7 Å². The maximum atomic E-state index is 12.9. The molecule has 4 N–H and O–H groups in total. The summed E-state index contributed by atoms with van der Waals surface area (Å²) in [6.45, 7) is 5.54. The minimum atomic E-state index is -3.61. The second kappa shape index (κ2) is 13.3. The fourth-order valence-corrected chi connectivity index (χ4v) is 4.06. The van der Waals surface area contributed by atoms with Crippen molar-refractivity contribution in [3.8, 4) is 0 Å². The molecule has 32 heavy (non-hydrogen) atoms. The number of ether oxygens (including phenoxy) is 1. The van der Waals surface area contributed by atoms with E-state index in [9.17, 15) is 28.8 Å². The van der Waals surface area contributed by atoms with Crippen molar-refractivity contribution in [2.24, 2.45) is 0 Å². The predicted molar refractivity (Wildman–Crippen MR) is 114 cm³/mol. The van der Waals surface area contributed by atoms with Crippen LogP contribution in [0.2, 0.25) is 0 Å². The van der Waals surface area contributed by atoms with Gasteiger partial charge in [0.25, 0.3) is 5.56 Å². The van der Waals surface area contributed by atoms with Crippen LogP contribution in [0, 0.1) is 6.92 Å². The van der Waals surface area contributed by atoms with Crippen LogP contribution in [0.4, 0.5) is 0 Å². The molecule has 1 amide bonds. The predicted octanol–water partition coefficient (Wildman–Crippen LogP) is -0.933. The van der Waals surface area contributed by atoms with Crippen LogP contribution in [-0.4, -0.2) is 71.3 Å². The fourth-order valence-electron chi connectivity index (χ4n) is 2.66. The maximum absolute atomic E-state index is 12.9. The zero-order valence-electron chi connectivity index (χ0n) is 18.6. The first-order chi connectivity index (χ1) is 15.1. The third-order valence-corrected chi connectivity index (χ3v) is 5.99. The Morgan fingerprint density at radius 1 is 1.16 bits per heavy atom. The summed E-state index contributed by atoms with van der Waals surface area (Å²) in [6, 6.07) is -2.52. The van der Waals surface area contributed by atoms with E-state index in [0.29, 0.717) is 0 Å². The van der Waals surface area contributed by atoms with Crippen LogP contribution >= 0.6 is 7.60 Å². The molecular weight excluding hydrogens is 447 g/mol. The highest BCUT2D eigenvalue weighted by Crippen LogP contribution is 2.46. The number of aryl methyl sites for hydroxylation is 1. The van der Waals surface area contributed by atoms with Gasteiger partial charge in [0.2, 0.25) is 5.91 Å². The van der Waals surface area contributed by atoms with E-state index in [1.807, 2.05) is 0 Å². The number of rotatable bonds is 14. The van der Waals surface area contributed by atoms with Crippen molar-refractivity contribution < 1.29 is 33.0 Å². The number of nitrogens with zero attached hydrogens (tertiary/aromatic N) is 1. The second-order valence-electron chi connectivity index (χ2n) is 6.58. The van der Waals surface area contributed by atoms with E-state index in [4.69, 9.17) is 13.8 Å². The molecule has 0 spiro atoms. The number of aromatic amines is 1. The van der Waals surface area contributed by atoms with E-state index in [1.54, 1.807) is 20.8 Å². The number of esters is 1. The molecule has 0 aliphatic carbocycles. The highest BCUT2D eigenvalue weighted by atomic mass is 31.2. The molecule has 0 aromatic carbocycles. The average Bonchev–Trinajstić information content (AvgIpc) is 2.73. The van der Waals surface area contributed by atoms with Gasteiger partial charge in [-0.2, -0.15) is 0 Å². The van der Waals surface area contributed by atoms with Crippen molar-refractivity contribution in [3.63, 3.8) is 0 Å². The van der Waals surface area contributed by atoms with E-state index in [1.165, 1.54) is 13.1 Å². The first kappa shape index (κ1) is 27.7. The molecule has 1 rings (SSSR count). The summed E-state index contributed by atoms with van der Waals surface area (Å²) in [5, 5.41) is 14.6. The van der Waals surface area contributed by atoms with Gasteiger partial charge in [-0.1, -0.05) is 0 Å². The van der Waals surface area contributed by atoms with Crippen LogP contribution in [0.1, 0.15) is 26.3 Å². The number of nitrogens with one attached hydrogen (secondary N) is 3. The molecule has 1 aromatic rings. The van der Waals surface area contributed by atoms with Gasteiger partial charge in [-0.15, -0.1) is 0 Å². The first-order valence-corrected chi connectivity index (χ1v) is 11.8. The molecule has 1 heterocycles. The fraction of sp³-hybridized carbons (Fsp3) is 0.667. The topological polar surface area (TPSA) is 178 Å². The van der Waals surface area contributed by atoms with Crippen molar-refractivity contribution >= 4 is 19.5 Å². The molecule has 14 heteroatoms. The normalized spacial score (nSPS) is 13.4. The largest absolute Gasteiger partial charge is 0.465 e. The average molecular weight is 478 g/mol. The van der Waals surface area contributed by atoms with Gasteiger partial charge in [0.15, 0.2) is 0 Å². The number of hydrogen-bond donors (Lipinski definition) is 4. The van der Waals surface area contributed by atoms with E-state index in [2.05, 4.69) is 15.6 Å². The van der Waals surface area contributed by atoms with Crippen molar-refractivity contribution in [2.75, 3.05) is 32.7 Å². The van der Waals surface area contributed by atoms with Gasteiger partial charge < -0.3 is 24.2 Å². The number of hydrogen-bond acceptors (Lipinski definition) is 10. The molecule has 0 aliphatic rings. The molecule has 0 aliphatic heterocycles. The summed E-state index contributed by atoms with van der Waals surface area (Å²) in [4.78, 5) is 50.8. The third-order valence-electron chi connectivity index (χ3n) is 4.14. The number of amides is 1. The zero-order chi connectivity index (χ0) is 24.3. The van der Waals surface area contributed by atoms with Crippen LogP contribution in [-0.2, 0) is 34.5 Å². The molecule has 0 radical (unpaired) electrons. The van der Waals surface area contributed by atoms with Crippen molar-refractivity contribution in [2.45, 2.75) is 46.3 Å². The summed E-state index contributed by atoms with van der Waals surface area (Å²) in [5.74, 6) is -1.55. The molecule has 13 nitrogen and oxygen atoms in total. The molecule has 0 bridgehead atoms. The number of carbonyl (C=O) groups excluding carboxylic acids is 2. The Kier molecular flexibility index (Phi) is 11.5. The number of carbonyl (C=O) groups is 2. The monoisotopic (exact) mass is 478 g/mol. The van der Waals surface area contributed by atoms with Gasteiger partial charge in [0, 0.05) is 11.8 Å². The third kappa shape index (κ3) is 8.32. The Labute approximate surface area is 185 Å². The Morgan fingerprint density at radius 3 is 2.31 bits per heavy atom. The van der Waals surface area contributed by atoms with E-state index in [-0.39, 0.29) is 31.9 Å². The SMILES string of the molecule is CCOC(=O)[C@@H](CO)NC(Cn1cc(C)c(=O)[nH]c1=O)C(=O)NCP(=O)(OCC)OCC. The van der Waals surface area contributed by atoms with Gasteiger partial charge in [0.05, 0.1) is 33.0 Å². The number of aromatic nitrogens is 2. The quantitative estimate of drug-likeness (QED) is 0.193. The van der Waals surface area contributed by atoms with Crippen molar-refractivity contribution in [1.82, 2.24) is 20.2 Å². The van der Waals surface area contributed by atoms with Crippen LogP contribution in [0.15, 0.2) is 15.8 Å². The van der Waals surface area contributed by atoms with E-state index >= 15 is 0 Å². The van der Waals surface area contributed by atoms with Crippen LogP contribution in [0.3, 0.4) is 0 Å². The number of aliphatic hydroxyl groups excluding tert-OH is 1. The lowest BCUT2D eigenvalue weighted by Crippen LogP contribution is -2.55. The van der Waals surface area contributed by atoms with Gasteiger partial charge in [-0.25, -0.2) is 4.79 Å². The molecule has 0 saturated heterocycles. The Hall–Kier alpha value is -2.31. The Morgan fingerprint density at radius 2 is 1.78 bits per heavy atom. The second-order valence-corrected chi connectivity index (χ2v) is 8.63. The molecule has 182 valence electrons. The van der Waals surface area contributed by atoms with Gasteiger partial charge in [-0.3, -0.25) is 33.8 Å². The summed E-state index contributed by atoms with van der Waals surface area (Å²) in [7, 11) is -3.61. The standard InChI is InChI=1S/C18H31N4O9P/c1-5-29-17(26)14(10-23)20-13(9-22-8-12(4)15(24)21-18(22)27)16(25)19-11-32(28,30-6-2)31-7-3/h8,13-14,20,23H,5-7,9-11H2,1-4H3,(H,19,25)(H,21,24,27)/t13?,14-/m1/s1. The number of aliphatic hydroxyl groups is 1. The summed E-state index contributed by atoms with van der Waals surface area (Å²) in [6.07, 6.45) is 0.807. The molecule has 0 fully saturated rings. The molecule has 1 unspecified atom stereocenters. The van der Waals surface area contributed by atoms with Gasteiger partial charge >= 0.3 is 19.3 Å². The first-order valence-electron chi connectivity index (χ1n) is 10.1. The van der Waals surface area contributed by atoms with Crippen LogP contribution in [0.25, 0.3) is 0 Å². The summed E-state index contributed by atoms with van der Waals surface area (Å²) < 4.78 is 28.8. The van der Waals surface area contributed by atoms with E-state index in [0.717, 1.165) is 4.57 Å². The highest BCUT2D eigenvalue weighted by Gasteiger charge is 2.30. The minimum absolute atomic E-state index is 0.0539. The zero-order valence-corrected chi connectivity index (χ0v) is 19.5. The van der Waals surface area contributed by atoms with Crippen molar-refractivity contribution in [3.05, 3.63) is 32.6 Å². The lowest BCUT2D eigenvalue weighted by molar-refractivity contribution is -0.147. The molecule has 2 atom stereocenters. The Bertz CT molecular complexity index is 920. The summed E-state index contributed by atoms with van der Waals surface area (Å²) >= 11 is 0. The van der Waals surface area contributed by atoms with Crippen molar-refractivity contribution in [1.29, 1.82) is 0 Å².